The van der Waals surface area contributed by atoms with E-state index in [1.54, 1.807) is 24.8 Å². The van der Waals surface area contributed by atoms with Crippen molar-refractivity contribution in [1.82, 2.24) is 20.5 Å². The van der Waals surface area contributed by atoms with Gasteiger partial charge in [0.1, 0.15) is 12.0 Å². The Balaban J connectivity index is 1.70. The van der Waals surface area contributed by atoms with E-state index < -0.39 is 24.0 Å². The zero-order chi connectivity index (χ0) is 27.4. The third-order valence-electron chi connectivity index (χ3n) is 6.64. The summed E-state index contributed by atoms with van der Waals surface area (Å²) in [5, 5.41) is 9.67. The maximum Gasteiger partial charge on any atom is 0.323 e. The summed E-state index contributed by atoms with van der Waals surface area (Å²) in [6.07, 6.45) is -0.275. The molecule has 10 nitrogen and oxygen atoms in total. The first-order valence-corrected chi connectivity index (χ1v) is 12.5. The van der Waals surface area contributed by atoms with Crippen LogP contribution < -0.4 is 21.7 Å². The van der Waals surface area contributed by atoms with Gasteiger partial charge in [0.2, 0.25) is 11.8 Å². The summed E-state index contributed by atoms with van der Waals surface area (Å²) in [5.41, 5.74) is 9.89. The molecule has 4 amide bonds. The van der Waals surface area contributed by atoms with Gasteiger partial charge in [0.15, 0.2) is 0 Å². The van der Waals surface area contributed by atoms with Gasteiger partial charge in [-0.2, -0.15) is 0 Å². The molecule has 0 saturated carbocycles. The van der Waals surface area contributed by atoms with Gasteiger partial charge in [-0.1, -0.05) is 44.2 Å². The lowest BCUT2D eigenvalue weighted by atomic mass is 9.94. The molecule has 0 spiro atoms. The minimum absolute atomic E-state index is 0.177. The number of aromatic nitrogens is 1. The van der Waals surface area contributed by atoms with Crippen molar-refractivity contribution < 1.29 is 19.2 Å². The predicted molar refractivity (Wildman–Crippen MR) is 145 cm³/mol. The fourth-order valence-electron chi connectivity index (χ4n) is 4.77. The van der Waals surface area contributed by atoms with Crippen LogP contribution in [0.2, 0.25) is 0 Å². The summed E-state index contributed by atoms with van der Waals surface area (Å²) in [4.78, 5) is 54.9. The van der Waals surface area contributed by atoms with Crippen molar-refractivity contribution in [2.24, 2.45) is 11.7 Å². The fraction of sp³-hybridized carbons (Fsp3) is 0.321. The highest BCUT2D eigenvalue weighted by atomic mass is 16.2. The van der Waals surface area contributed by atoms with Crippen molar-refractivity contribution in [2.75, 3.05) is 11.9 Å². The summed E-state index contributed by atoms with van der Waals surface area (Å²) in [6.45, 7) is 5.35. The first-order chi connectivity index (χ1) is 18.2. The second-order valence-corrected chi connectivity index (χ2v) is 9.77. The molecule has 2 aromatic carbocycles. The highest BCUT2D eigenvalue weighted by Crippen LogP contribution is 2.30. The molecule has 1 aliphatic rings. The van der Waals surface area contributed by atoms with E-state index in [1.165, 1.54) is 0 Å². The molecule has 38 heavy (non-hydrogen) atoms. The van der Waals surface area contributed by atoms with Gasteiger partial charge in [0.25, 0.3) is 0 Å². The number of carbonyl (C=O) groups is 3. The number of fused-ring (bicyclic) bond motifs is 3. The second kappa shape index (κ2) is 11.3. The van der Waals surface area contributed by atoms with Crippen molar-refractivity contribution in [2.45, 2.75) is 45.9 Å². The minimum atomic E-state index is -1.13. The highest BCUT2D eigenvalue weighted by Gasteiger charge is 2.37. The molecule has 0 saturated heterocycles. The number of aryl methyl sites for hydroxylation is 1. The van der Waals surface area contributed by atoms with Crippen LogP contribution in [-0.4, -0.2) is 52.4 Å². The molecule has 0 fully saturated rings. The first kappa shape index (κ1) is 26.7. The quantitative estimate of drug-likeness (QED) is 0.291. The number of nitrogens with zero attached hydrogens (tertiary/aromatic N) is 1. The lowest BCUT2D eigenvalue weighted by Crippen LogP contribution is -2.60. The fourth-order valence-corrected chi connectivity index (χ4v) is 4.77. The minimum Gasteiger partial charge on any atom is -0.368 e. The third-order valence-corrected chi connectivity index (χ3v) is 6.64. The number of nitrogens with one attached hydrogen (secondary N) is 4. The summed E-state index contributed by atoms with van der Waals surface area (Å²) >= 11 is 0. The van der Waals surface area contributed by atoms with Gasteiger partial charge in [0.05, 0.1) is 19.3 Å². The zero-order valence-corrected chi connectivity index (χ0v) is 21.6. The van der Waals surface area contributed by atoms with Crippen LogP contribution in [0.1, 0.15) is 30.7 Å². The van der Waals surface area contributed by atoms with Crippen LogP contribution in [0.15, 0.2) is 54.1 Å². The van der Waals surface area contributed by atoms with E-state index in [-0.39, 0.29) is 30.6 Å². The van der Waals surface area contributed by atoms with Crippen LogP contribution in [-0.2, 0) is 27.3 Å². The van der Waals surface area contributed by atoms with Crippen LogP contribution in [0.25, 0.3) is 10.9 Å². The standard InChI is InChI=1S/C28H32N6O4/c1-16(2)21(15-35)26(27(37)30-13-24(29)36)33-25-12-20-19-9-4-5-10-22(19)32-23(20)14-34(25)28(38)31-18-8-6-7-17(3)11-18/h4-11,16,25-26,32-33H,12-14H2,1-3H3,(H2,29,36)(H,30,37)(H,31,38)/t25-,26+/m1/s1. The van der Waals surface area contributed by atoms with E-state index in [4.69, 9.17) is 5.73 Å². The van der Waals surface area contributed by atoms with Gasteiger partial charge in [-0.05, 0) is 42.2 Å². The Morgan fingerprint density at radius 2 is 1.92 bits per heavy atom. The number of H-pyrrole nitrogens is 1. The third kappa shape index (κ3) is 5.77. The molecule has 6 N–H and O–H groups in total. The van der Waals surface area contributed by atoms with Crippen LogP contribution in [0, 0.1) is 12.8 Å². The molecule has 10 heteroatoms. The molecule has 0 bridgehead atoms. The molecule has 2 atom stereocenters. The smallest absolute Gasteiger partial charge is 0.323 e. The van der Waals surface area contributed by atoms with E-state index in [2.05, 4.69) is 20.9 Å². The number of benzene rings is 2. The molecular weight excluding hydrogens is 484 g/mol. The average Bonchev–Trinajstić information content (AvgIpc) is 3.24. The summed E-state index contributed by atoms with van der Waals surface area (Å²) in [7, 11) is 0. The number of anilines is 1. The highest BCUT2D eigenvalue weighted by molar-refractivity contribution is 5.92. The molecule has 0 aliphatic carbocycles. The number of aromatic amines is 1. The maximum absolute atomic E-state index is 13.6. The molecule has 1 aliphatic heterocycles. The van der Waals surface area contributed by atoms with Gasteiger partial charge in [-0.15, -0.1) is 0 Å². The predicted octanol–water partition coefficient (Wildman–Crippen LogP) is 2.37. The number of carbonyl (C=O) groups excluding carboxylic acids is 4. The molecule has 0 unspecified atom stereocenters. The summed E-state index contributed by atoms with van der Waals surface area (Å²) in [6, 6.07) is 13.8. The lowest BCUT2D eigenvalue weighted by molar-refractivity contribution is -0.126. The van der Waals surface area contributed by atoms with Crippen molar-refractivity contribution in [3.8, 4) is 0 Å². The van der Waals surface area contributed by atoms with Crippen molar-refractivity contribution in [3.63, 3.8) is 0 Å². The zero-order valence-electron chi connectivity index (χ0n) is 21.6. The summed E-state index contributed by atoms with van der Waals surface area (Å²) < 4.78 is 0. The number of amides is 4. The largest absolute Gasteiger partial charge is 0.368 e. The first-order valence-electron chi connectivity index (χ1n) is 12.5. The number of hydrogen-bond donors (Lipinski definition) is 5. The van der Waals surface area contributed by atoms with Crippen molar-refractivity contribution >= 4 is 40.4 Å². The normalized spacial score (nSPS) is 15.5. The Morgan fingerprint density at radius 1 is 1.16 bits per heavy atom. The van der Waals surface area contributed by atoms with Crippen LogP contribution in [0.3, 0.4) is 0 Å². The molecule has 0 radical (unpaired) electrons. The molecule has 4 rings (SSSR count). The maximum atomic E-state index is 13.6. The van der Waals surface area contributed by atoms with E-state index in [1.807, 2.05) is 55.3 Å². The molecule has 2 heterocycles. The second-order valence-electron chi connectivity index (χ2n) is 9.77. The van der Waals surface area contributed by atoms with E-state index in [9.17, 15) is 19.2 Å². The Hall–Kier alpha value is -4.40. The van der Waals surface area contributed by atoms with E-state index in [0.29, 0.717) is 12.1 Å². The Morgan fingerprint density at radius 3 is 2.61 bits per heavy atom. The van der Waals surface area contributed by atoms with Crippen LogP contribution in [0.5, 0.6) is 0 Å². The van der Waals surface area contributed by atoms with Gasteiger partial charge in [-0.25, -0.2) is 9.59 Å². The van der Waals surface area contributed by atoms with E-state index >= 15 is 0 Å². The number of para-hydroxylation sites is 1. The number of primary amides is 1. The SMILES string of the molecule is Cc1cccc(NC(=O)N2Cc3[nH]c4ccccc4c3C[C@@H]2N[C@H](C(=O)NCC(N)=O)C(=C=O)C(C)C)c1. The van der Waals surface area contributed by atoms with Crippen LogP contribution >= 0.6 is 0 Å². The number of hydrogen-bond acceptors (Lipinski definition) is 5. The van der Waals surface area contributed by atoms with Crippen LogP contribution in [0.4, 0.5) is 10.5 Å². The van der Waals surface area contributed by atoms with Crippen molar-refractivity contribution in [1.29, 1.82) is 0 Å². The van der Waals surface area contributed by atoms with E-state index in [0.717, 1.165) is 27.7 Å². The number of rotatable bonds is 8. The summed E-state index contributed by atoms with van der Waals surface area (Å²) in [5.74, 6) is 0.275. The average molecular weight is 517 g/mol. The lowest BCUT2D eigenvalue weighted by Gasteiger charge is -2.38. The molecule has 198 valence electrons. The Kier molecular flexibility index (Phi) is 7.95. The Labute approximate surface area is 220 Å². The Bertz CT molecular complexity index is 1420. The monoisotopic (exact) mass is 516 g/mol. The van der Waals surface area contributed by atoms with Crippen molar-refractivity contribution in [3.05, 3.63) is 70.9 Å². The topological polar surface area (TPSA) is 149 Å². The molecular formula is C28H32N6O4. The van der Waals surface area contributed by atoms with Gasteiger partial charge in [-0.3, -0.25) is 14.9 Å². The molecule has 3 aromatic rings. The van der Waals surface area contributed by atoms with Gasteiger partial charge < -0.3 is 26.3 Å². The number of urea groups is 1. The molecule has 1 aromatic heterocycles. The van der Waals surface area contributed by atoms with Gasteiger partial charge in [0, 0.05) is 34.3 Å². The van der Waals surface area contributed by atoms with Gasteiger partial charge >= 0.3 is 6.03 Å². The number of nitrogens with two attached hydrogens (primary N) is 1.